The minimum atomic E-state index is -0.537. The van der Waals surface area contributed by atoms with Gasteiger partial charge in [0, 0.05) is 18.6 Å². The number of rotatable bonds is 6. The molecule has 0 fully saturated rings. The number of hydrogen-bond acceptors (Lipinski definition) is 3. The molecule has 2 N–H and O–H groups in total. The largest absolute Gasteiger partial charge is 0.492 e. The van der Waals surface area contributed by atoms with Crippen LogP contribution in [0.25, 0.3) is 0 Å². The van der Waals surface area contributed by atoms with Gasteiger partial charge in [-0.3, -0.25) is 4.79 Å². The number of benzene rings is 1. The third-order valence-electron chi connectivity index (χ3n) is 2.93. The Morgan fingerprint density at radius 1 is 1.45 bits per heavy atom. The van der Waals surface area contributed by atoms with Gasteiger partial charge in [0.25, 0.3) is 0 Å². The first-order chi connectivity index (χ1) is 8.86. The zero-order valence-electron chi connectivity index (χ0n) is 12.1. The highest BCUT2D eigenvalue weighted by atomic mass is 35.5. The Kier molecular flexibility index (Phi) is 7.94. The van der Waals surface area contributed by atoms with E-state index in [1.807, 2.05) is 26.0 Å². The topological polar surface area (TPSA) is 55.6 Å². The summed E-state index contributed by atoms with van der Waals surface area (Å²) in [7, 11) is 1.75. The van der Waals surface area contributed by atoms with E-state index in [9.17, 15) is 4.79 Å². The van der Waals surface area contributed by atoms with Crippen LogP contribution < -0.4 is 10.5 Å². The minimum absolute atomic E-state index is 0. The van der Waals surface area contributed by atoms with Gasteiger partial charge >= 0.3 is 0 Å². The number of nitrogens with zero attached hydrogens (tertiary/aromatic N) is 1. The highest BCUT2D eigenvalue weighted by Crippen LogP contribution is 2.18. The van der Waals surface area contributed by atoms with E-state index in [4.69, 9.17) is 22.1 Å². The maximum Gasteiger partial charge on any atom is 0.229 e. The van der Waals surface area contributed by atoms with Crippen molar-refractivity contribution in [2.24, 2.45) is 11.1 Å². The van der Waals surface area contributed by atoms with Gasteiger partial charge in [0.15, 0.2) is 0 Å². The van der Waals surface area contributed by atoms with Crippen LogP contribution in [-0.2, 0) is 4.79 Å². The van der Waals surface area contributed by atoms with E-state index in [0.717, 1.165) is 0 Å². The summed E-state index contributed by atoms with van der Waals surface area (Å²) < 4.78 is 5.54. The SMILES string of the molecule is CN(CCOc1cccc(Cl)c1)C(=O)C(C)(C)CN.Cl. The molecule has 0 spiro atoms. The van der Waals surface area contributed by atoms with Crippen LogP contribution in [0.4, 0.5) is 0 Å². The lowest BCUT2D eigenvalue weighted by Gasteiger charge is -2.28. The molecule has 0 heterocycles. The second-order valence-corrected chi connectivity index (χ2v) is 5.56. The van der Waals surface area contributed by atoms with Crippen molar-refractivity contribution in [1.29, 1.82) is 0 Å². The highest BCUT2D eigenvalue weighted by Gasteiger charge is 2.28. The predicted molar refractivity (Wildman–Crippen MR) is 84.7 cm³/mol. The van der Waals surface area contributed by atoms with Crippen molar-refractivity contribution < 1.29 is 9.53 Å². The lowest BCUT2D eigenvalue weighted by Crippen LogP contribution is -2.44. The van der Waals surface area contributed by atoms with Crippen molar-refractivity contribution in [3.8, 4) is 5.75 Å². The third kappa shape index (κ3) is 5.57. The summed E-state index contributed by atoms with van der Waals surface area (Å²) in [5, 5.41) is 0.631. The second kappa shape index (κ2) is 8.35. The first-order valence-corrected chi connectivity index (χ1v) is 6.58. The van der Waals surface area contributed by atoms with Crippen LogP contribution in [0.1, 0.15) is 13.8 Å². The van der Waals surface area contributed by atoms with Crippen molar-refractivity contribution in [2.45, 2.75) is 13.8 Å². The minimum Gasteiger partial charge on any atom is -0.492 e. The molecule has 0 unspecified atom stereocenters. The van der Waals surface area contributed by atoms with Gasteiger partial charge in [-0.05, 0) is 32.0 Å². The summed E-state index contributed by atoms with van der Waals surface area (Å²) in [6.45, 7) is 4.93. The first-order valence-electron chi connectivity index (χ1n) is 6.21. The van der Waals surface area contributed by atoms with E-state index in [-0.39, 0.29) is 18.3 Å². The standard InChI is InChI=1S/C14H21ClN2O2.ClH/c1-14(2,10-16)13(18)17(3)7-8-19-12-6-4-5-11(15)9-12;/h4-6,9H,7-8,10,16H2,1-3H3;1H. The Balaban J connectivity index is 0.00000361. The molecule has 0 aliphatic rings. The van der Waals surface area contributed by atoms with Gasteiger partial charge < -0.3 is 15.4 Å². The highest BCUT2D eigenvalue weighted by molar-refractivity contribution is 6.30. The Bertz CT molecular complexity index is 439. The lowest BCUT2D eigenvalue weighted by molar-refractivity contribution is -0.138. The normalized spacial score (nSPS) is 10.7. The molecule has 1 amide bonds. The van der Waals surface area contributed by atoms with Crippen LogP contribution in [0.3, 0.4) is 0 Å². The fraction of sp³-hybridized carbons (Fsp3) is 0.500. The van der Waals surface area contributed by atoms with Crippen LogP contribution >= 0.6 is 24.0 Å². The average Bonchev–Trinajstić information content (AvgIpc) is 2.37. The summed E-state index contributed by atoms with van der Waals surface area (Å²) in [4.78, 5) is 13.7. The molecular weight excluding hydrogens is 299 g/mol. The molecule has 0 saturated carbocycles. The van der Waals surface area contributed by atoms with Crippen molar-refractivity contribution in [2.75, 3.05) is 26.7 Å². The maximum absolute atomic E-state index is 12.1. The van der Waals surface area contributed by atoms with E-state index < -0.39 is 5.41 Å². The zero-order valence-corrected chi connectivity index (χ0v) is 13.6. The molecule has 0 bridgehead atoms. The van der Waals surface area contributed by atoms with Crippen LogP contribution in [0.15, 0.2) is 24.3 Å². The molecule has 20 heavy (non-hydrogen) atoms. The third-order valence-corrected chi connectivity index (χ3v) is 3.16. The first kappa shape index (κ1) is 19.0. The second-order valence-electron chi connectivity index (χ2n) is 5.12. The van der Waals surface area contributed by atoms with Gasteiger partial charge in [0.1, 0.15) is 12.4 Å². The molecule has 114 valence electrons. The van der Waals surface area contributed by atoms with Crippen molar-refractivity contribution in [1.82, 2.24) is 4.90 Å². The van der Waals surface area contributed by atoms with Crippen LogP contribution in [0.2, 0.25) is 5.02 Å². The molecule has 0 radical (unpaired) electrons. The number of carbonyl (C=O) groups is 1. The summed E-state index contributed by atoms with van der Waals surface area (Å²) in [6.07, 6.45) is 0. The Labute approximate surface area is 131 Å². The van der Waals surface area contributed by atoms with E-state index in [0.29, 0.717) is 30.5 Å². The van der Waals surface area contributed by atoms with E-state index in [1.165, 1.54) is 0 Å². The Morgan fingerprint density at radius 2 is 2.10 bits per heavy atom. The summed E-state index contributed by atoms with van der Waals surface area (Å²) in [5.74, 6) is 0.719. The zero-order chi connectivity index (χ0) is 14.5. The number of likely N-dealkylation sites (N-methyl/N-ethyl adjacent to an activating group) is 1. The van der Waals surface area contributed by atoms with Crippen LogP contribution in [0, 0.1) is 5.41 Å². The summed E-state index contributed by atoms with van der Waals surface area (Å²) in [5.41, 5.74) is 5.05. The molecule has 1 aromatic carbocycles. The van der Waals surface area contributed by atoms with E-state index in [2.05, 4.69) is 0 Å². The van der Waals surface area contributed by atoms with Crippen molar-refractivity contribution in [3.63, 3.8) is 0 Å². The number of carbonyl (C=O) groups excluding carboxylic acids is 1. The Morgan fingerprint density at radius 3 is 2.65 bits per heavy atom. The average molecular weight is 321 g/mol. The van der Waals surface area contributed by atoms with Gasteiger partial charge in [0.05, 0.1) is 12.0 Å². The molecule has 1 rings (SSSR count). The molecule has 0 atom stereocenters. The van der Waals surface area contributed by atoms with Gasteiger partial charge in [-0.1, -0.05) is 17.7 Å². The molecular formula is C14H22Cl2N2O2. The Hall–Kier alpha value is -0.970. The van der Waals surface area contributed by atoms with Gasteiger partial charge in [-0.2, -0.15) is 0 Å². The number of ether oxygens (including phenoxy) is 1. The van der Waals surface area contributed by atoms with Crippen molar-refractivity contribution in [3.05, 3.63) is 29.3 Å². The molecule has 0 aliphatic carbocycles. The smallest absolute Gasteiger partial charge is 0.229 e. The van der Waals surface area contributed by atoms with E-state index in [1.54, 1.807) is 24.1 Å². The quantitative estimate of drug-likeness (QED) is 0.876. The molecule has 0 saturated heterocycles. The number of hydrogen-bond donors (Lipinski definition) is 1. The van der Waals surface area contributed by atoms with E-state index >= 15 is 0 Å². The predicted octanol–water partition coefficient (Wildman–Crippen LogP) is 2.58. The van der Waals surface area contributed by atoms with Crippen molar-refractivity contribution >= 4 is 29.9 Å². The monoisotopic (exact) mass is 320 g/mol. The maximum atomic E-state index is 12.1. The summed E-state index contributed by atoms with van der Waals surface area (Å²) >= 11 is 5.86. The number of halogens is 2. The molecule has 0 aliphatic heterocycles. The number of nitrogens with two attached hydrogens (primary N) is 1. The van der Waals surface area contributed by atoms with Crippen LogP contribution in [0.5, 0.6) is 5.75 Å². The number of amides is 1. The fourth-order valence-corrected chi connectivity index (χ4v) is 1.74. The molecule has 1 aromatic rings. The van der Waals surface area contributed by atoms with Gasteiger partial charge in [0.2, 0.25) is 5.91 Å². The lowest BCUT2D eigenvalue weighted by atomic mass is 9.92. The molecule has 0 aromatic heterocycles. The molecule has 4 nitrogen and oxygen atoms in total. The van der Waals surface area contributed by atoms with Gasteiger partial charge in [-0.15, -0.1) is 12.4 Å². The molecule has 6 heteroatoms. The van der Waals surface area contributed by atoms with Crippen LogP contribution in [-0.4, -0.2) is 37.6 Å². The summed E-state index contributed by atoms with van der Waals surface area (Å²) in [6, 6.07) is 7.18. The fourth-order valence-electron chi connectivity index (χ4n) is 1.56. The van der Waals surface area contributed by atoms with Gasteiger partial charge in [-0.25, -0.2) is 0 Å².